The Balaban J connectivity index is 4.26. The molecule has 0 bridgehead atoms. The fraction of sp³-hybridized carbons (Fsp3) is 0.944. The highest BCUT2D eigenvalue weighted by molar-refractivity contribution is 5.71. The van der Waals surface area contributed by atoms with Crippen LogP contribution in [-0.2, 0) is 28.6 Å². The van der Waals surface area contributed by atoms with Gasteiger partial charge in [-0.3, -0.25) is 14.4 Å². The Morgan fingerprint density at radius 3 is 0.867 bits per heavy atom. The molecule has 0 aliphatic carbocycles. The largest absolute Gasteiger partial charge is 0.462 e. The van der Waals surface area contributed by atoms with E-state index in [1.54, 1.807) is 0 Å². The summed E-state index contributed by atoms with van der Waals surface area (Å²) in [5.41, 5.74) is 0. The van der Waals surface area contributed by atoms with Crippen LogP contribution in [0.3, 0.4) is 0 Å². The second-order valence-corrected chi connectivity index (χ2v) is 19.5. The molecule has 0 radical (unpaired) electrons. The minimum atomic E-state index is -0.763. The first kappa shape index (κ1) is 58.4. The monoisotopic (exact) mass is 849 g/mol. The second kappa shape index (κ2) is 45.4. The number of carbonyl (C=O) groups is 3. The molecule has 0 aliphatic rings. The summed E-state index contributed by atoms with van der Waals surface area (Å²) in [6.45, 7) is 13.7. The van der Waals surface area contributed by atoms with Gasteiger partial charge in [-0.05, 0) is 37.0 Å². The Hall–Kier alpha value is -1.59. The number of carbonyl (C=O) groups excluding carboxylic acids is 3. The van der Waals surface area contributed by atoms with Gasteiger partial charge in [-0.15, -0.1) is 0 Å². The smallest absolute Gasteiger partial charge is 0.306 e. The lowest BCUT2D eigenvalue weighted by Gasteiger charge is -2.18. The molecule has 0 rings (SSSR count). The molecule has 0 aromatic rings. The van der Waals surface area contributed by atoms with Crippen LogP contribution in [0.5, 0.6) is 0 Å². The Morgan fingerprint density at radius 1 is 0.333 bits per heavy atom. The maximum absolute atomic E-state index is 12.8. The summed E-state index contributed by atoms with van der Waals surface area (Å²) in [7, 11) is 0. The van der Waals surface area contributed by atoms with Gasteiger partial charge in [-0.1, -0.05) is 253 Å². The number of unbranched alkanes of at least 4 members (excludes halogenated alkanes) is 28. The molecular formula is C54H104O6. The van der Waals surface area contributed by atoms with Crippen molar-refractivity contribution < 1.29 is 28.6 Å². The van der Waals surface area contributed by atoms with Gasteiger partial charge in [0.2, 0.25) is 0 Å². The molecule has 3 atom stereocenters. The third-order valence-electron chi connectivity index (χ3n) is 12.9. The van der Waals surface area contributed by atoms with Gasteiger partial charge < -0.3 is 14.2 Å². The molecule has 2 unspecified atom stereocenters. The summed E-state index contributed by atoms with van der Waals surface area (Å²) >= 11 is 0. The third-order valence-corrected chi connectivity index (χ3v) is 12.9. The molecular weight excluding hydrogens is 745 g/mol. The van der Waals surface area contributed by atoms with E-state index >= 15 is 0 Å². The van der Waals surface area contributed by atoms with Gasteiger partial charge in [0.25, 0.3) is 0 Å². The van der Waals surface area contributed by atoms with Crippen molar-refractivity contribution in [3.63, 3.8) is 0 Å². The topological polar surface area (TPSA) is 78.9 Å². The molecule has 60 heavy (non-hydrogen) atoms. The zero-order chi connectivity index (χ0) is 44.2. The zero-order valence-electron chi connectivity index (χ0n) is 41.3. The van der Waals surface area contributed by atoms with E-state index in [0.717, 1.165) is 75.5 Å². The number of hydrogen-bond acceptors (Lipinski definition) is 6. The van der Waals surface area contributed by atoms with Crippen LogP contribution in [0.2, 0.25) is 0 Å². The highest BCUT2D eigenvalue weighted by Crippen LogP contribution is 2.18. The third kappa shape index (κ3) is 44.5. The molecule has 0 aromatic heterocycles. The Morgan fingerprint density at radius 2 is 0.583 bits per heavy atom. The lowest BCUT2D eigenvalue weighted by molar-refractivity contribution is -0.167. The summed E-state index contributed by atoms with van der Waals surface area (Å²) in [6.07, 6.45) is 45.1. The van der Waals surface area contributed by atoms with Crippen LogP contribution in [0.1, 0.15) is 292 Å². The van der Waals surface area contributed by atoms with Crippen molar-refractivity contribution in [2.24, 2.45) is 17.8 Å². The summed E-state index contributed by atoms with van der Waals surface area (Å²) < 4.78 is 16.8. The minimum absolute atomic E-state index is 0.0652. The molecule has 0 spiro atoms. The number of esters is 3. The van der Waals surface area contributed by atoms with Crippen molar-refractivity contribution in [3.8, 4) is 0 Å². The first-order valence-electron chi connectivity index (χ1n) is 26.7. The first-order chi connectivity index (χ1) is 29.2. The van der Waals surface area contributed by atoms with E-state index in [9.17, 15) is 14.4 Å². The fourth-order valence-electron chi connectivity index (χ4n) is 8.05. The fourth-order valence-corrected chi connectivity index (χ4v) is 8.05. The average molecular weight is 849 g/mol. The predicted molar refractivity (Wildman–Crippen MR) is 256 cm³/mol. The molecule has 0 N–H and O–H groups in total. The quantitative estimate of drug-likeness (QED) is 0.0345. The number of hydrogen-bond donors (Lipinski definition) is 0. The van der Waals surface area contributed by atoms with Crippen LogP contribution >= 0.6 is 0 Å². The number of ether oxygens (including phenoxy) is 3. The normalized spacial score (nSPS) is 13.1. The predicted octanol–water partition coefficient (Wildman–Crippen LogP) is 17.2. The zero-order valence-corrected chi connectivity index (χ0v) is 41.3. The van der Waals surface area contributed by atoms with E-state index < -0.39 is 6.10 Å². The molecule has 0 fully saturated rings. The Kier molecular flexibility index (Phi) is 44.2. The second-order valence-electron chi connectivity index (χ2n) is 19.5. The molecule has 0 heterocycles. The van der Waals surface area contributed by atoms with Crippen molar-refractivity contribution in [1.82, 2.24) is 0 Å². The SMILES string of the molecule is CCC(C)CCCCCCCCCCCCCCCCC(=O)OC[C@H](COC(=O)CCCCCCCCCCCCC(C)CC)OC(=O)CCCCCCCCCC(C)C. The van der Waals surface area contributed by atoms with E-state index in [1.165, 1.54) is 173 Å². The van der Waals surface area contributed by atoms with E-state index in [0.29, 0.717) is 19.3 Å². The van der Waals surface area contributed by atoms with Crippen molar-refractivity contribution in [2.75, 3.05) is 13.2 Å². The standard InChI is InChI=1S/C54H104O6/c1-7-49(5)41-35-29-23-17-13-11-9-10-12-14-19-25-31-37-43-52(55)58-46-51(60-54(57)45-39-33-27-21-22-28-34-40-48(3)4)47-59-53(56)44-38-32-26-20-16-15-18-24-30-36-42-50(6)8-2/h48-51H,7-47H2,1-6H3/t49?,50?,51-/m1/s1. The molecule has 6 nitrogen and oxygen atoms in total. The first-order valence-corrected chi connectivity index (χ1v) is 26.7. The van der Waals surface area contributed by atoms with E-state index in [-0.39, 0.29) is 31.1 Å². The molecule has 0 amide bonds. The lowest BCUT2D eigenvalue weighted by atomic mass is 9.99. The van der Waals surface area contributed by atoms with Crippen LogP contribution in [0.15, 0.2) is 0 Å². The van der Waals surface area contributed by atoms with Crippen LogP contribution in [-0.4, -0.2) is 37.2 Å². The summed E-state index contributed by atoms with van der Waals surface area (Å²) in [6, 6.07) is 0. The van der Waals surface area contributed by atoms with Gasteiger partial charge in [0.15, 0.2) is 6.10 Å². The summed E-state index contributed by atoms with van der Waals surface area (Å²) in [5, 5.41) is 0. The maximum atomic E-state index is 12.8. The van der Waals surface area contributed by atoms with Crippen molar-refractivity contribution in [2.45, 2.75) is 298 Å². The molecule has 0 aromatic carbocycles. The van der Waals surface area contributed by atoms with Crippen LogP contribution in [0, 0.1) is 17.8 Å². The van der Waals surface area contributed by atoms with Gasteiger partial charge >= 0.3 is 17.9 Å². The molecule has 0 saturated heterocycles. The van der Waals surface area contributed by atoms with Gasteiger partial charge in [0.1, 0.15) is 13.2 Å². The van der Waals surface area contributed by atoms with E-state index in [2.05, 4.69) is 41.5 Å². The molecule has 0 saturated carbocycles. The number of rotatable bonds is 47. The maximum Gasteiger partial charge on any atom is 0.306 e. The van der Waals surface area contributed by atoms with Gasteiger partial charge in [-0.2, -0.15) is 0 Å². The van der Waals surface area contributed by atoms with E-state index in [4.69, 9.17) is 14.2 Å². The Bertz CT molecular complexity index is 933. The van der Waals surface area contributed by atoms with Crippen molar-refractivity contribution >= 4 is 17.9 Å². The lowest BCUT2D eigenvalue weighted by Crippen LogP contribution is -2.30. The summed E-state index contributed by atoms with van der Waals surface area (Å²) in [5.74, 6) is 1.69. The highest BCUT2D eigenvalue weighted by atomic mass is 16.6. The molecule has 6 heteroatoms. The summed E-state index contributed by atoms with van der Waals surface area (Å²) in [4.78, 5) is 37.9. The van der Waals surface area contributed by atoms with Crippen molar-refractivity contribution in [3.05, 3.63) is 0 Å². The van der Waals surface area contributed by atoms with Crippen LogP contribution in [0.25, 0.3) is 0 Å². The van der Waals surface area contributed by atoms with Crippen molar-refractivity contribution in [1.29, 1.82) is 0 Å². The molecule has 356 valence electrons. The highest BCUT2D eigenvalue weighted by Gasteiger charge is 2.19. The van der Waals surface area contributed by atoms with Crippen LogP contribution in [0.4, 0.5) is 0 Å². The van der Waals surface area contributed by atoms with Gasteiger partial charge in [0.05, 0.1) is 0 Å². The molecule has 0 aliphatic heterocycles. The Labute approximate surface area is 374 Å². The minimum Gasteiger partial charge on any atom is -0.462 e. The van der Waals surface area contributed by atoms with Gasteiger partial charge in [-0.25, -0.2) is 0 Å². The van der Waals surface area contributed by atoms with Gasteiger partial charge in [0, 0.05) is 19.3 Å². The van der Waals surface area contributed by atoms with Crippen LogP contribution < -0.4 is 0 Å². The average Bonchev–Trinajstić information content (AvgIpc) is 3.23. The van der Waals surface area contributed by atoms with E-state index in [1.807, 2.05) is 0 Å².